The molecule has 1 fully saturated rings. The number of amides is 1. The number of benzene rings is 1. The summed E-state index contributed by atoms with van der Waals surface area (Å²) in [7, 11) is -4.25. The van der Waals surface area contributed by atoms with E-state index >= 15 is 0 Å². The summed E-state index contributed by atoms with van der Waals surface area (Å²) in [5, 5.41) is -0.293. The van der Waals surface area contributed by atoms with Crippen LogP contribution in [0.15, 0.2) is 45.7 Å². The number of carbonyl (C=O) groups is 1. The third-order valence-electron chi connectivity index (χ3n) is 4.58. The van der Waals surface area contributed by atoms with E-state index in [-0.39, 0.29) is 37.1 Å². The van der Waals surface area contributed by atoms with Crippen molar-refractivity contribution in [2.24, 2.45) is 0 Å². The monoisotopic (exact) mass is 462 g/mol. The Labute approximate surface area is 176 Å². The maximum atomic E-state index is 13.0. The third kappa shape index (κ3) is 4.88. The van der Waals surface area contributed by atoms with Crippen LogP contribution in [0.2, 0.25) is 5.02 Å². The number of carbonyl (C=O) groups excluding carboxylic acids is 1. The van der Waals surface area contributed by atoms with Crippen molar-refractivity contribution in [1.29, 1.82) is 0 Å². The average molecular weight is 463 g/mol. The van der Waals surface area contributed by atoms with Crippen LogP contribution in [0, 0.1) is 6.92 Å². The maximum absolute atomic E-state index is 13.0. The normalized spacial score (nSPS) is 16.4. The van der Waals surface area contributed by atoms with Crippen LogP contribution in [0.1, 0.15) is 17.1 Å². The van der Waals surface area contributed by atoms with Gasteiger partial charge < -0.3 is 9.32 Å². The highest BCUT2D eigenvalue weighted by Crippen LogP contribution is 2.34. The highest BCUT2D eigenvalue weighted by Gasteiger charge is 2.35. The summed E-state index contributed by atoms with van der Waals surface area (Å²) in [6.07, 6.45) is -1.86. The van der Waals surface area contributed by atoms with E-state index in [0.717, 1.165) is 16.4 Å². The number of rotatable bonds is 4. The molecule has 0 unspecified atom stereocenters. The van der Waals surface area contributed by atoms with E-state index in [4.69, 9.17) is 16.0 Å². The van der Waals surface area contributed by atoms with Crippen molar-refractivity contribution in [2.75, 3.05) is 26.2 Å². The van der Waals surface area contributed by atoms with Crippen LogP contribution in [-0.4, -0.2) is 49.7 Å². The fourth-order valence-corrected chi connectivity index (χ4v) is 4.89. The van der Waals surface area contributed by atoms with Crippen molar-refractivity contribution < 1.29 is 30.8 Å². The standard InChI is InChI=1S/C19H18ClF3N2O4S/c1-13-2-4-15(29-13)5-7-18(26)24-8-10-25(11-9-24)30(27,28)17-12-14(19(21,22)23)3-6-16(17)20/h2-7,12H,8-11H2,1H3/b7-5+. The van der Waals surface area contributed by atoms with Gasteiger partial charge in [-0.25, -0.2) is 8.42 Å². The summed E-state index contributed by atoms with van der Waals surface area (Å²) in [6, 6.07) is 5.64. The molecular formula is C19H18ClF3N2O4S. The van der Waals surface area contributed by atoms with Crippen molar-refractivity contribution >= 4 is 33.6 Å². The lowest BCUT2D eigenvalue weighted by atomic mass is 10.2. The highest BCUT2D eigenvalue weighted by molar-refractivity contribution is 7.89. The summed E-state index contributed by atoms with van der Waals surface area (Å²) < 4.78 is 70.9. The minimum Gasteiger partial charge on any atom is -0.462 e. The third-order valence-corrected chi connectivity index (χ3v) is 6.96. The lowest BCUT2D eigenvalue weighted by molar-refractivity contribution is -0.137. The lowest BCUT2D eigenvalue weighted by Crippen LogP contribution is -2.50. The van der Waals surface area contributed by atoms with Gasteiger partial charge in [0.05, 0.1) is 10.6 Å². The molecule has 0 N–H and O–H groups in total. The van der Waals surface area contributed by atoms with Crippen LogP contribution in [0.4, 0.5) is 13.2 Å². The summed E-state index contributed by atoms with van der Waals surface area (Å²) in [5.41, 5.74) is -1.10. The van der Waals surface area contributed by atoms with Gasteiger partial charge in [-0.05, 0) is 43.3 Å². The molecule has 1 aliphatic heterocycles. The molecule has 0 atom stereocenters. The zero-order valence-electron chi connectivity index (χ0n) is 15.8. The molecule has 1 saturated heterocycles. The van der Waals surface area contributed by atoms with Gasteiger partial charge in [0.1, 0.15) is 16.4 Å². The average Bonchev–Trinajstić information content (AvgIpc) is 3.10. The van der Waals surface area contributed by atoms with Gasteiger partial charge in [0.15, 0.2) is 0 Å². The van der Waals surface area contributed by atoms with Gasteiger partial charge in [-0.15, -0.1) is 0 Å². The Bertz CT molecular complexity index is 1070. The van der Waals surface area contributed by atoms with Gasteiger partial charge >= 0.3 is 6.18 Å². The number of hydrogen-bond donors (Lipinski definition) is 0. The maximum Gasteiger partial charge on any atom is 0.416 e. The predicted octanol–water partition coefficient (Wildman–Crippen LogP) is 3.81. The molecular weight excluding hydrogens is 445 g/mol. The first-order valence-corrected chi connectivity index (χ1v) is 10.7. The number of furan rings is 1. The molecule has 30 heavy (non-hydrogen) atoms. The molecule has 2 aromatic rings. The SMILES string of the molecule is Cc1ccc(/C=C/C(=O)N2CCN(S(=O)(=O)c3cc(C(F)(F)F)ccc3Cl)CC2)o1. The topological polar surface area (TPSA) is 70.8 Å². The molecule has 1 aliphatic rings. The zero-order valence-corrected chi connectivity index (χ0v) is 17.4. The molecule has 1 aromatic heterocycles. The lowest BCUT2D eigenvalue weighted by Gasteiger charge is -2.33. The molecule has 0 aliphatic carbocycles. The Morgan fingerprint density at radius 3 is 2.37 bits per heavy atom. The molecule has 6 nitrogen and oxygen atoms in total. The first kappa shape index (κ1) is 22.4. The van der Waals surface area contributed by atoms with E-state index in [1.807, 2.05) is 0 Å². The number of nitrogens with zero attached hydrogens (tertiary/aromatic N) is 2. The van der Waals surface area contributed by atoms with Crippen molar-refractivity contribution in [2.45, 2.75) is 18.0 Å². The summed E-state index contributed by atoms with van der Waals surface area (Å²) in [6.45, 7) is 1.84. The van der Waals surface area contributed by atoms with Crippen LogP contribution in [0.3, 0.4) is 0 Å². The first-order valence-electron chi connectivity index (χ1n) is 8.89. The first-order chi connectivity index (χ1) is 14.0. The molecule has 0 spiro atoms. The van der Waals surface area contributed by atoms with Crippen molar-refractivity contribution in [3.63, 3.8) is 0 Å². The number of aryl methyl sites for hydroxylation is 1. The van der Waals surface area contributed by atoms with Crippen molar-refractivity contribution in [1.82, 2.24) is 9.21 Å². The van der Waals surface area contributed by atoms with Gasteiger partial charge in [-0.1, -0.05) is 11.6 Å². The highest BCUT2D eigenvalue weighted by atomic mass is 35.5. The number of sulfonamides is 1. The number of piperazine rings is 1. The van der Waals surface area contributed by atoms with Crippen molar-refractivity contribution in [3.05, 3.63) is 58.5 Å². The van der Waals surface area contributed by atoms with E-state index in [1.54, 1.807) is 19.1 Å². The summed E-state index contributed by atoms with van der Waals surface area (Å²) in [4.78, 5) is 13.1. The number of alkyl halides is 3. The van der Waals surface area contributed by atoms with E-state index in [1.165, 1.54) is 17.1 Å². The fraction of sp³-hybridized carbons (Fsp3) is 0.316. The van der Waals surface area contributed by atoms with E-state index in [0.29, 0.717) is 17.6 Å². The van der Waals surface area contributed by atoms with Gasteiger partial charge in [0.2, 0.25) is 15.9 Å². The van der Waals surface area contributed by atoms with Crippen LogP contribution < -0.4 is 0 Å². The van der Waals surface area contributed by atoms with Gasteiger partial charge in [-0.2, -0.15) is 17.5 Å². The quantitative estimate of drug-likeness (QED) is 0.648. The number of halogens is 4. The smallest absolute Gasteiger partial charge is 0.416 e. The fourth-order valence-electron chi connectivity index (χ4n) is 2.97. The minimum absolute atomic E-state index is 0.0612. The molecule has 0 radical (unpaired) electrons. The van der Waals surface area contributed by atoms with E-state index in [9.17, 15) is 26.4 Å². The Morgan fingerprint density at radius 1 is 1.13 bits per heavy atom. The number of hydrogen-bond acceptors (Lipinski definition) is 4. The second-order valence-corrected chi connectivity index (χ2v) is 8.97. The molecule has 0 saturated carbocycles. The van der Waals surface area contributed by atoms with E-state index in [2.05, 4.69) is 0 Å². The Morgan fingerprint density at radius 2 is 1.80 bits per heavy atom. The Kier molecular flexibility index (Phi) is 6.30. The van der Waals surface area contributed by atoms with Crippen LogP contribution >= 0.6 is 11.6 Å². The Balaban J connectivity index is 1.69. The largest absolute Gasteiger partial charge is 0.462 e. The van der Waals surface area contributed by atoms with Crippen LogP contribution in [0.25, 0.3) is 6.08 Å². The van der Waals surface area contributed by atoms with Gasteiger partial charge in [-0.3, -0.25) is 4.79 Å². The van der Waals surface area contributed by atoms with Crippen LogP contribution in [0.5, 0.6) is 0 Å². The molecule has 2 heterocycles. The molecule has 11 heteroatoms. The molecule has 0 bridgehead atoms. The molecule has 1 aromatic carbocycles. The van der Waals surface area contributed by atoms with Gasteiger partial charge in [0.25, 0.3) is 0 Å². The molecule has 162 valence electrons. The van der Waals surface area contributed by atoms with Gasteiger partial charge in [0, 0.05) is 32.3 Å². The summed E-state index contributed by atoms with van der Waals surface area (Å²) >= 11 is 5.87. The Hall–Kier alpha value is -2.30. The zero-order chi connectivity index (χ0) is 22.1. The van der Waals surface area contributed by atoms with Crippen LogP contribution in [-0.2, 0) is 21.0 Å². The molecule has 3 rings (SSSR count). The summed E-state index contributed by atoms with van der Waals surface area (Å²) in [5.74, 6) is 0.897. The molecule has 1 amide bonds. The second kappa shape index (κ2) is 8.44. The van der Waals surface area contributed by atoms with E-state index < -0.39 is 26.7 Å². The predicted molar refractivity (Wildman–Crippen MR) is 104 cm³/mol. The van der Waals surface area contributed by atoms with Crippen molar-refractivity contribution in [3.8, 4) is 0 Å². The second-order valence-electron chi connectivity index (χ2n) is 6.65. The minimum atomic E-state index is -4.70.